The van der Waals surface area contributed by atoms with Crippen molar-refractivity contribution in [3.8, 4) is 5.75 Å². The second-order valence-corrected chi connectivity index (χ2v) is 7.85. The number of nitrogens with one attached hydrogen (secondary N) is 2. The van der Waals surface area contributed by atoms with E-state index in [0.29, 0.717) is 22.8 Å². The first-order valence-corrected chi connectivity index (χ1v) is 11.0. The van der Waals surface area contributed by atoms with Crippen LogP contribution in [0.4, 0.5) is 5.69 Å². The maximum absolute atomic E-state index is 12.5. The Morgan fingerprint density at radius 3 is 2.44 bits per heavy atom. The van der Waals surface area contributed by atoms with Gasteiger partial charge >= 0.3 is 0 Å². The Morgan fingerprint density at radius 2 is 1.71 bits per heavy atom. The summed E-state index contributed by atoms with van der Waals surface area (Å²) in [6, 6.07) is 23.6. The van der Waals surface area contributed by atoms with E-state index in [-0.39, 0.29) is 31.5 Å². The zero-order valence-electron chi connectivity index (χ0n) is 18.8. The number of hydrogen-bond donors (Lipinski definition) is 3. The first-order chi connectivity index (χ1) is 16.5. The summed E-state index contributed by atoms with van der Waals surface area (Å²) in [6.45, 7) is 1.99. The number of amides is 2. The number of carbonyl (C=O) groups excluding carboxylic acids is 2. The van der Waals surface area contributed by atoms with Crippen molar-refractivity contribution in [1.82, 2.24) is 14.9 Å². The normalized spacial score (nSPS) is 11.7. The van der Waals surface area contributed by atoms with Gasteiger partial charge < -0.3 is 25.0 Å². The van der Waals surface area contributed by atoms with E-state index in [4.69, 9.17) is 4.74 Å². The minimum atomic E-state index is -0.809. The first kappa shape index (κ1) is 23.0. The first-order valence-electron chi connectivity index (χ1n) is 11.0. The third-order valence-corrected chi connectivity index (χ3v) is 5.19. The van der Waals surface area contributed by atoms with Gasteiger partial charge in [-0.1, -0.05) is 30.3 Å². The van der Waals surface area contributed by atoms with Crippen LogP contribution in [0.3, 0.4) is 0 Å². The summed E-state index contributed by atoms with van der Waals surface area (Å²) in [7, 11) is 0. The highest BCUT2D eigenvalue weighted by Gasteiger charge is 2.16. The number of aliphatic hydroxyl groups is 1. The molecule has 4 rings (SSSR count). The monoisotopic (exact) mass is 458 g/mol. The van der Waals surface area contributed by atoms with Crippen LogP contribution in [0.25, 0.3) is 11.0 Å². The summed E-state index contributed by atoms with van der Waals surface area (Å²) in [5.74, 6) is 0.890. The molecular formula is C26H26N4O4. The van der Waals surface area contributed by atoms with E-state index >= 15 is 0 Å². The highest BCUT2D eigenvalue weighted by Crippen LogP contribution is 2.19. The molecule has 3 N–H and O–H groups in total. The lowest BCUT2D eigenvalue weighted by molar-refractivity contribution is -0.114. The number of aromatic nitrogens is 2. The maximum atomic E-state index is 12.5. The van der Waals surface area contributed by atoms with Crippen LogP contribution < -0.4 is 15.4 Å². The molecule has 0 aliphatic rings. The van der Waals surface area contributed by atoms with E-state index in [1.54, 1.807) is 36.4 Å². The molecule has 8 heteroatoms. The van der Waals surface area contributed by atoms with E-state index < -0.39 is 6.10 Å². The number of carbonyl (C=O) groups is 2. The highest BCUT2D eigenvalue weighted by molar-refractivity contribution is 5.94. The van der Waals surface area contributed by atoms with Crippen molar-refractivity contribution >= 4 is 28.5 Å². The van der Waals surface area contributed by atoms with Crippen LogP contribution in [-0.2, 0) is 17.9 Å². The molecule has 4 aromatic rings. The number of benzene rings is 3. The second kappa shape index (κ2) is 10.6. The number of para-hydroxylation sites is 2. The van der Waals surface area contributed by atoms with Gasteiger partial charge in [-0.05, 0) is 48.5 Å². The van der Waals surface area contributed by atoms with E-state index in [9.17, 15) is 14.7 Å². The van der Waals surface area contributed by atoms with Gasteiger partial charge in [0.15, 0.2) is 0 Å². The smallest absolute Gasteiger partial charge is 0.251 e. The van der Waals surface area contributed by atoms with Crippen LogP contribution in [0, 0.1) is 0 Å². The number of imidazole rings is 1. The SMILES string of the molecule is CC(=O)Nc1ccc(OCC(O)Cn2c(CNC(=O)c3ccccc3)nc3ccccc32)cc1. The van der Waals surface area contributed by atoms with E-state index in [1.165, 1.54) is 6.92 Å². The molecule has 0 aliphatic carbocycles. The fourth-order valence-electron chi connectivity index (χ4n) is 3.61. The van der Waals surface area contributed by atoms with Gasteiger partial charge in [-0.15, -0.1) is 0 Å². The molecule has 8 nitrogen and oxygen atoms in total. The molecule has 2 amide bonds. The molecule has 1 aromatic heterocycles. The van der Waals surface area contributed by atoms with Gasteiger partial charge in [0.05, 0.1) is 24.1 Å². The van der Waals surface area contributed by atoms with Gasteiger partial charge in [-0.25, -0.2) is 4.98 Å². The van der Waals surface area contributed by atoms with Gasteiger partial charge in [-0.2, -0.15) is 0 Å². The second-order valence-electron chi connectivity index (χ2n) is 7.85. The lowest BCUT2D eigenvalue weighted by Gasteiger charge is -2.16. The van der Waals surface area contributed by atoms with Crippen molar-refractivity contribution in [2.75, 3.05) is 11.9 Å². The summed E-state index contributed by atoms with van der Waals surface area (Å²) in [5.41, 5.74) is 2.90. The summed E-state index contributed by atoms with van der Waals surface area (Å²) in [4.78, 5) is 28.2. The molecule has 0 fully saturated rings. The van der Waals surface area contributed by atoms with Crippen molar-refractivity contribution < 1.29 is 19.4 Å². The number of nitrogens with zero attached hydrogens (tertiary/aromatic N) is 2. The Labute approximate surface area is 197 Å². The predicted octanol–water partition coefficient (Wildman–Crippen LogP) is 3.36. The van der Waals surface area contributed by atoms with E-state index in [0.717, 1.165) is 11.0 Å². The van der Waals surface area contributed by atoms with Crippen molar-refractivity contribution in [3.05, 3.63) is 90.3 Å². The number of hydrogen-bond acceptors (Lipinski definition) is 5. The molecule has 0 radical (unpaired) electrons. The highest BCUT2D eigenvalue weighted by atomic mass is 16.5. The molecule has 1 heterocycles. The van der Waals surface area contributed by atoms with Gasteiger partial charge in [0, 0.05) is 18.2 Å². The molecular weight excluding hydrogens is 432 g/mol. The molecule has 174 valence electrons. The molecule has 1 atom stereocenters. The fourth-order valence-corrected chi connectivity index (χ4v) is 3.61. The van der Waals surface area contributed by atoms with Gasteiger partial charge in [-0.3, -0.25) is 9.59 Å². The fraction of sp³-hybridized carbons (Fsp3) is 0.192. The lowest BCUT2D eigenvalue weighted by Crippen LogP contribution is -2.28. The molecule has 1 unspecified atom stereocenters. The van der Waals surface area contributed by atoms with Crippen LogP contribution in [-0.4, -0.2) is 39.2 Å². The predicted molar refractivity (Wildman–Crippen MR) is 130 cm³/mol. The Hall–Kier alpha value is -4.17. The molecule has 34 heavy (non-hydrogen) atoms. The quantitative estimate of drug-likeness (QED) is 0.357. The summed E-state index contributed by atoms with van der Waals surface area (Å²) < 4.78 is 7.62. The Kier molecular flexibility index (Phi) is 7.19. The Bertz CT molecular complexity index is 1270. The Balaban J connectivity index is 1.42. The van der Waals surface area contributed by atoms with Crippen LogP contribution in [0.2, 0.25) is 0 Å². The number of ether oxygens (including phenoxy) is 1. The average Bonchev–Trinajstić information content (AvgIpc) is 3.19. The third kappa shape index (κ3) is 5.79. The van der Waals surface area contributed by atoms with Gasteiger partial charge in [0.1, 0.15) is 24.3 Å². The number of rotatable bonds is 9. The minimum Gasteiger partial charge on any atom is -0.491 e. The summed E-state index contributed by atoms with van der Waals surface area (Å²) >= 11 is 0. The molecule has 0 saturated carbocycles. The third-order valence-electron chi connectivity index (χ3n) is 5.19. The number of anilines is 1. The molecule has 0 saturated heterocycles. The van der Waals surface area contributed by atoms with E-state index in [2.05, 4.69) is 15.6 Å². The minimum absolute atomic E-state index is 0.0712. The lowest BCUT2D eigenvalue weighted by atomic mass is 10.2. The van der Waals surface area contributed by atoms with Crippen LogP contribution in [0.15, 0.2) is 78.9 Å². The van der Waals surface area contributed by atoms with Crippen LogP contribution in [0.1, 0.15) is 23.1 Å². The number of fused-ring (bicyclic) bond motifs is 1. The van der Waals surface area contributed by atoms with Crippen molar-refractivity contribution in [1.29, 1.82) is 0 Å². The van der Waals surface area contributed by atoms with Crippen molar-refractivity contribution in [3.63, 3.8) is 0 Å². The molecule has 3 aromatic carbocycles. The van der Waals surface area contributed by atoms with Crippen molar-refractivity contribution in [2.45, 2.75) is 26.1 Å². The zero-order valence-corrected chi connectivity index (χ0v) is 18.8. The largest absolute Gasteiger partial charge is 0.491 e. The topological polar surface area (TPSA) is 105 Å². The summed E-state index contributed by atoms with van der Waals surface area (Å²) in [6.07, 6.45) is -0.809. The van der Waals surface area contributed by atoms with Gasteiger partial charge in [0.25, 0.3) is 5.91 Å². The average molecular weight is 459 g/mol. The maximum Gasteiger partial charge on any atom is 0.251 e. The van der Waals surface area contributed by atoms with E-state index in [1.807, 2.05) is 47.0 Å². The van der Waals surface area contributed by atoms with Crippen LogP contribution in [0.5, 0.6) is 5.75 Å². The standard InChI is InChI=1S/C26H26N4O4/c1-18(31)28-20-11-13-22(14-12-20)34-17-21(32)16-30-24-10-6-5-9-23(24)29-25(30)15-27-26(33)19-7-3-2-4-8-19/h2-14,21,32H,15-17H2,1H3,(H,27,33)(H,28,31). The Morgan fingerprint density at radius 1 is 1.00 bits per heavy atom. The van der Waals surface area contributed by atoms with Gasteiger partial charge in [0.2, 0.25) is 5.91 Å². The van der Waals surface area contributed by atoms with Crippen LogP contribution >= 0.6 is 0 Å². The summed E-state index contributed by atoms with van der Waals surface area (Å²) in [5, 5.41) is 16.3. The van der Waals surface area contributed by atoms with Crippen molar-refractivity contribution in [2.24, 2.45) is 0 Å². The molecule has 0 spiro atoms. The molecule has 0 bridgehead atoms. The number of aliphatic hydroxyl groups excluding tert-OH is 1. The zero-order chi connectivity index (χ0) is 23.9. The molecule has 0 aliphatic heterocycles.